The molecule has 0 spiro atoms. The molecule has 24 heavy (non-hydrogen) atoms. The van der Waals surface area contributed by atoms with E-state index < -0.39 is 5.97 Å². The van der Waals surface area contributed by atoms with Gasteiger partial charge in [-0.1, -0.05) is 58.8 Å². The maximum atomic E-state index is 7.07. The zero-order valence-electron chi connectivity index (χ0n) is 16.7. The smallest absolute Gasteiger partial charge is 0.288 e. The van der Waals surface area contributed by atoms with Crippen LogP contribution in [0.4, 0.5) is 0 Å². The van der Waals surface area contributed by atoms with E-state index in [0.717, 1.165) is 38.5 Å². The molecule has 0 saturated heterocycles. The van der Waals surface area contributed by atoms with Crippen molar-refractivity contribution in [2.45, 2.75) is 90.4 Å². The molecule has 0 amide bonds. The van der Waals surface area contributed by atoms with Crippen LogP contribution in [0.2, 0.25) is 0 Å². The molecule has 0 aromatic rings. The summed E-state index contributed by atoms with van der Waals surface area (Å²) in [6.45, 7) is 12.1. The van der Waals surface area contributed by atoms with Crippen molar-refractivity contribution in [3.05, 3.63) is 11.4 Å². The number of unbranched alkanes of at least 4 members (excludes halogenated alkanes) is 5. The van der Waals surface area contributed by atoms with Gasteiger partial charge in [0, 0.05) is 27.8 Å². The van der Waals surface area contributed by atoms with Crippen LogP contribution < -0.4 is 0 Å². The molecule has 0 N–H and O–H groups in total. The third-order valence-corrected chi connectivity index (χ3v) is 5.12. The second-order valence-corrected chi connectivity index (χ2v) is 6.70. The quantitative estimate of drug-likeness (QED) is 0.201. The molecule has 4 nitrogen and oxygen atoms in total. The minimum absolute atomic E-state index is 0.199. The van der Waals surface area contributed by atoms with Crippen molar-refractivity contribution in [2.75, 3.05) is 27.9 Å². The Morgan fingerprint density at radius 1 is 0.708 bits per heavy atom. The van der Waals surface area contributed by atoms with Gasteiger partial charge < -0.3 is 19.1 Å². The molecule has 0 aliphatic carbocycles. The van der Waals surface area contributed by atoms with Gasteiger partial charge >= 0.3 is 0 Å². The van der Waals surface area contributed by atoms with E-state index in [0.29, 0.717) is 6.54 Å². The average Bonchev–Trinajstić information content (AvgIpc) is 2.60. The van der Waals surface area contributed by atoms with Gasteiger partial charge in [-0.05, 0) is 19.3 Å². The highest BCUT2D eigenvalue weighted by Crippen LogP contribution is 2.48. The molecule has 4 heteroatoms. The number of methoxy groups -OCH3 is 3. The molecule has 0 heterocycles. The van der Waals surface area contributed by atoms with E-state index in [1.165, 1.54) is 32.1 Å². The first-order valence-electron chi connectivity index (χ1n) is 9.60. The van der Waals surface area contributed by atoms with E-state index in [9.17, 15) is 0 Å². The largest absolute Gasteiger partial charge is 0.330 e. The van der Waals surface area contributed by atoms with Gasteiger partial charge in [0.15, 0.2) is 0 Å². The van der Waals surface area contributed by atoms with E-state index in [1.807, 2.05) is 0 Å². The molecule has 1 unspecified atom stereocenters. The zero-order chi connectivity index (χ0) is 18.3. The molecule has 0 aliphatic heterocycles. The van der Waals surface area contributed by atoms with Gasteiger partial charge in [0.05, 0.1) is 5.41 Å². The molecule has 0 aliphatic rings. The topological polar surface area (TPSA) is 32.0 Å². The number of ether oxygens (including phenoxy) is 3. The Bertz CT molecular complexity index is 328. The van der Waals surface area contributed by atoms with Crippen molar-refractivity contribution in [1.82, 2.24) is 0 Å². The molecule has 0 rings (SSSR count). The van der Waals surface area contributed by atoms with Gasteiger partial charge in [-0.15, -0.1) is 0 Å². The summed E-state index contributed by atoms with van der Waals surface area (Å²) in [5.41, 5.74) is -0.199. The number of hydrogen-bond acceptors (Lipinski definition) is 3. The van der Waals surface area contributed by atoms with Crippen LogP contribution in [0.25, 0.3) is 4.85 Å². The van der Waals surface area contributed by atoms with Gasteiger partial charge in [-0.3, -0.25) is 0 Å². The van der Waals surface area contributed by atoms with Crippen molar-refractivity contribution in [3.63, 3.8) is 0 Å². The molecule has 0 aromatic heterocycles. The highest BCUT2D eigenvalue weighted by Gasteiger charge is 2.52. The lowest BCUT2D eigenvalue weighted by atomic mass is 9.72. The molecule has 0 aromatic carbocycles. The minimum atomic E-state index is -1.02. The number of rotatable bonds is 16. The summed E-state index contributed by atoms with van der Waals surface area (Å²) in [4.78, 5) is 3.52. The van der Waals surface area contributed by atoms with E-state index in [1.54, 1.807) is 21.3 Å². The summed E-state index contributed by atoms with van der Waals surface area (Å²) < 4.78 is 17.3. The standard InChI is InChI=1S/C20H39NO3/c1-7-9-10-11-12-13-16-19(15-8-2,17-14-18-21-3)20(22-4,23-5)24-6/h7-18H2,1-2,4-6H3. The van der Waals surface area contributed by atoms with Gasteiger partial charge in [0.25, 0.3) is 5.97 Å². The highest BCUT2D eigenvalue weighted by molar-refractivity contribution is 4.89. The van der Waals surface area contributed by atoms with Crippen LogP contribution in [0.5, 0.6) is 0 Å². The van der Waals surface area contributed by atoms with E-state index in [4.69, 9.17) is 20.8 Å². The monoisotopic (exact) mass is 341 g/mol. The first kappa shape index (κ1) is 23.4. The van der Waals surface area contributed by atoms with Gasteiger partial charge in [-0.25, -0.2) is 6.57 Å². The Morgan fingerprint density at radius 2 is 1.25 bits per heavy atom. The van der Waals surface area contributed by atoms with Crippen molar-refractivity contribution < 1.29 is 14.2 Å². The Balaban J connectivity index is 5.09. The van der Waals surface area contributed by atoms with E-state index in [2.05, 4.69) is 18.7 Å². The third kappa shape index (κ3) is 6.70. The molecule has 142 valence electrons. The Labute approximate surface area is 150 Å². The first-order chi connectivity index (χ1) is 11.6. The van der Waals surface area contributed by atoms with Gasteiger partial charge in [0.2, 0.25) is 6.54 Å². The lowest BCUT2D eigenvalue weighted by Gasteiger charge is -2.47. The summed E-state index contributed by atoms with van der Waals surface area (Å²) in [6, 6.07) is 0. The van der Waals surface area contributed by atoms with Crippen LogP contribution >= 0.6 is 0 Å². The van der Waals surface area contributed by atoms with Crippen LogP contribution in [0.1, 0.15) is 84.5 Å². The van der Waals surface area contributed by atoms with Gasteiger partial charge in [0.1, 0.15) is 0 Å². The lowest BCUT2D eigenvalue weighted by molar-refractivity contribution is -0.411. The van der Waals surface area contributed by atoms with Crippen molar-refractivity contribution >= 4 is 0 Å². The summed E-state index contributed by atoms with van der Waals surface area (Å²) >= 11 is 0. The maximum Gasteiger partial charge on any atom is 0.288 e. The summed E-state index contributed by atoms with van der Waals surface area (Å²) in [5, 5.41) is 0. The van der Waals surface area contributed by atoms with Crippen LogP contribution in [0.15, 0.2) is 0 Å². The van der Waals surface area contributed by atoms with Crippen LogP contribution in [-0.4, -0.2) is 33.8 Å². The van der Waals surface area contributed by atoms with Crippen molar-refractivity contribution in [2.24, 2.45) is 5.41 Å². The third-order valence-electron chi connectivity index (χ3n) is 5.12. The average molecular weight is 342 g/mol. The summed E-state index contributed by atoms with van der Waals surface area (Å²) in [7, 11) is 4.98. The SMILES string of the molecule is [C-]#[N+]CCCC(CCC)(CCCCCCCC)C(OC)(OC)OC. The van der Waals surface area contributed by atoms with Crippen molar-refractivity contribution in [1.29, 1.82) is 0 Å². The normalized spacial score (nSPS) is 14.3. The molecular formula is C20H39NO3. The molecule has 0 saturated carbocycles. The Morgan fingerprint density at radius 3 is 1.75 bits per heavy atom. The fourth-order valence-corrected chi connectivity index (χ4v) is 3.95. The molecule has 0 fully saturated rings. The zero-order valence-corrected chi connectivity index (χ0v) is 16.7. The van der Waals surface area contributed by atoms with E-state index in [-0.39, 0.29) is 5.41 Å². The Kier molecular flexibility index (Phi) is 13.3. The molecular weight excluding hydrogens is 302 g/mol. The van der Waals surface area contributed by atoms with Crippen LogP contribution in [0, 0.1) is 12.0 Å². The highest BCUT2D eigenvalue weighted by atomic mass is 16.9. The summed E-state index contributed by atoms with van der Waals surface area (Å²) in [6.07, 6.45) is 12.4. The molecule has 0 bridgehead atoms. The first-order valence-corrected chi connectivity index (χ1v) is 9.60. The lowest BCUT2D eigenvalue weighted by Crippen LogP contribution is -2.53. The Hall–Kier alpha value is -0.630. The number of nitrogens with zero attached hydrogens (tertiary/aromatic N) is 1. The predicted octanol–water partition coefficient (Wildman–Crippen LogP) is 5.82. The van der Waals surface area contributed by atoms with Crippen LogP contribution in [-0.2, 0) is 14.2 Å². The fraction of sp³-hybridized carbons (Fsp3) is 0.950. The fourth-order valence-electron chi connectivity index (χ4n) is 3.95. The molecule has 1 atom stereocenters. The number of hydrogen-bond donors (Lipinski definition) is 0. The second kappa shape index (κ2) is 13.6. The molecule has 0 radical (unpaired) electrons. The summed E-state index contributed by atoms with van der Waals surface area (Å²) in [5.74, 6) is -1.02. The van der Waals surface area contributed by atoms with Gasteiger partial charge in [-0.2, -0.15) is 0 Å². The second-order valence-electron chi connectivity index (χ2n) is 6.70. The predicted molar refractivity (Wildman–Crippen MR) is 99.8 cm³/mol. The maximum absolute atomic E-state index is 7.07. The minimum Gasteiger partial charge on any atom is -0.330 e. The van der Waals surface area contributed by atoms with E-state index >= 15 is 0 Å². The van der Waals surface area contributed by atoms with Crippen molar-refractivity contribution in [3.8, 4) is 0 Å². The van der Waals surface area contributed by atoms with Crippen LogP contribution in [0.3, 0.4) is 0 Å².